The van der Waals surface area contributed by atoms with Crippen molar-refractivity contribution in [2.75, 3.05) is 24.7 Å². The molecule has 204 valence electrons. The molecule has 0 saturated carbocycles. The normalized spacial score (nSPS) is 11.7. The van der Waals surface area contributed by atoms with E-state index in [0.717, 1.165) is 22.9 Å². The van der Waals surface area contributed by atoms with E-state index in [-0.39, 0.29) is 23.7 Å². The van der Waals surface area contributed by atoms with Gasteiger partial charge in [0.05, 0.1) is 10.9 Å². The van der Waals surface area contributed by atoms with E-state index >= 15 is 0 Å². The van der Waals surface area contributed by atoms with Crippen LogP contribution in [0.5, 0.6) is 0 Å². The minimum atomic E-state index is -4.39. The van der Waals surface area contributed by atoms with Gasteiger partial charge in [-0.15, -0.1) is 0 Å². The minimum absolute atomic E-state index is 0.0397. The average molecular weight is 539 g/mol. The van der Waals surface area contributed by atoms with Gasteiger partial charge in [0.15, 0.2) is 5.65 Å². The quantitative estimate of drug-likeness (QED) is 0.251. The second-order valence-electron chi connectivity index (χ2n) is 9.00. The van der Waals surface area contributed by atoms with Gasteiger partial charge in [-0.2, -0.15) is 18.3 Å². The topological polar surface area (TPSA) is 119 Å². The first-order valence-corrected chi connectivity index (χ1v) is 12.0. The Morgan fingerprint density at radius 1 is 1.13 bits per heavy atom. The van der Waals surface area contributed by atoms with E-state index in [9.17, 15) is 23.1 Å². The lowest BCUT2D eigenvalue weighted by Gasteiger charge is -2.09. The Bertz CT molecular complexity index is 1540. The molecule has 0 spiro atoms. The number of carbonyl (C=O) groups excluding carboxylic acids is 1. The molecule has 2 heterocycles. The van der Waals surface area contributed by atoms with Gasteiger partial charge in [0.1, 0.15) is 24.1 Å². The van der Waals surface area contributed by atoms with E-state index in [4.69, 9.17) is 5.73 Å². The van der Waals surface area contributed by atoms with Crippen molar-refractivity contribution in [3.63, 3.8) is 0 Å². The zero-order valence-corrected chi connectivity index (χ0v) is 22.0. The number of anilines is 2. The fourth-order valence-corrected chi connectivity index (χ4v) is 3.66. The summed E-state index contributed by atoms with van der Waals surface area (Å²) in [7, 11) is 1.87. The van der Waals surface area contributed by atoms with Crippen molar-refractivity contribution in [3.8, 4) is 11.8 Å². The number of aliphatic hydroxyl groups is 1. The van der Waals surface area contributed by atoms with Crippen LogP contribution in [-0.2, 0) is 12.7 Å². The SMILES string of the molecule is CNc1ccc(C)c(C#Cc2nn(C[C@@H](C)CO)c3ncnc(N)c23)c1.Cc1ccc(C=O)cc1C(F)(F)F. The molecule has 8 nitrogen and oxygen atoms in total. The summed E-state index contributed by atoms with van der Waals surface area (Å²) in [5, 5.41) is 17.6. The van der Waals surface area contributed by atoms with Gasteiger partial charge in [0.25, 0.3) is 0 Å². The first-order chi connectivity index (χ1) is 18.5. The van der Waals surface area contributed by atoms with Gasteiger partial charge in [-0.1, -0.05) is 31.0 Å². The van der Waals surface area contributed by atoms with Crippen molar-refractivity contribution in [2.24, 2.45) is 5.92 Å². The molecule has 4 aromatic rings. The maximum Gasteiger partial charge on any atom is 0.416 e. The Kier molecular flexibility index (Phi) is 9.27. The molecule has 2 aromatic carbocycles. The maximum atomic E-state index is 12.2. The smallest absolute Gasteiger partial charge is 0.396 e. The highest BCUT2D eigenvalue weighted by molar-refractivity contribution is 5.90. The van der Waals surface area contributed by atoms with Crippen LogP contribution >= 0.6 is 0 Å². The fraction of sp³-hybridized carbons (Fsp3) is 0.286. The molecule has 0 aliphatic rings. The van der Waals surface area contributed by atoms with Gasteiger partial charge in [0, 0.05) is 37.0 Å². The highest BCUT2D eigenvalue weighted by atomic mass is 19.4. The average Bonchev–Trinajstić information content (AvgIpc) is 3.26. The van der Waals surface area contributed by atoms with Gasteiger partial charge in [-0.05, 0) is 55.0 Å². The molecule has 4 N–H and O–H groups in total. The molecule has 0 fully saturated rings. The predicted molar refractivity (Wildman–Crippen MR) is 144 cm³/mol. The summed E-state index contributed by atoms with van der Waals surface area (Å²) in [5.74, 6) is 6.69. The highest BCUT2D eigenvalue weighted by Gasteiger charge is 2.32. The molecule has 0 radical (unpaired) electrons. The summed E-state index contributed by atoms with van der Waals surface area (Å²) in [6.45, 7) is 5.91. The number of halogens is 3. The maximum absolute atomic E-state index is 12.2. The van der Waals surface area contributed by atoms with Gasteiger partial charge in [-0.3, -0.25) is 4.79 Å². The summed E-state index contributed by atoms with van der Waals surface area (Å²) < 4.78 is 38.5. The van der Waals surface area contributed by atoms with Crippen molar-refractivity contribution in [1.82, 2.24) is 19.7 Å². The zero-order chi connectivity index (χ0) is 28.7. The van der Waals surface area contributed by atoms with E-state index in [1.54, 1.807) is 4.68 Å². The van der Waals surface area contributed by atoms with Crippen LogP contribution in [0.1, 0.15) is 45.2 Å². The number of alkyl halides is 3. The number of aldehydes is 1. The number of hydrogen-bond acceptors (Lipinski definition) is 7. The predicted octanol–water partition coefficient (Wildman–Crippen LogP) is 4.61. The number of nitrogens with zero attached hydrogens (tertiary/aromatic N) is 4. The minimum Gasteiger partial charge on any atom is -0.396 e. The molecular weight excluding hydrogens is 509 g/mol. The lowest BCUT2D eigenvalue weighted by Crippen LogP contribution is -2.12. The largest absolute Gasteiger partial charge is 0.416 e. The summed E-state index contributed by atoms with van der Waals surface area (Å²) >= 11 is 0. The summed E-state index contributed by atoms with van der Waals surface area (Å²) in [6.07, 6.45) is -2.57. The van der Waals surface area contributed by atoms with Crippen LogP contribution in [0.25, 0.3) is 11.0 Å². The number of benzene rings is 2. The van der Waals surface area contributed by atoms with E-state index in [0.29, 0.717) is 35.4 Å². The number of rotatable bonds is 5. The Morgan fingerprint density at radius 2 is 1.85 bits per heavy atom. The van der Waals surface area contributed by atoms with E-state index in [1.165, 1.54) is 25.4 Å². The van der Waals surface area contributed by atoms with Crippen LogP contribution in [0.15, 0.2) is 42.7 Å². The summed E-state index contributed by atoms with van der Waals surface area (Å²) in [6, 6.07) is 9.52. The molecule has 0 saturated heterocycles. The van der Waals surface area contributed by atoms with Gasteiger partial charge in [-0.25, -0.2) is 14.6 Å². The zero-order valence-electron chi connectivity index (χ0n) is 22.0. The van der Waals surface area contributed by atoms with Crippen molar-refractivity contribution in [3.05, 3.63) is 76.2 Å². The highest BCUT2D eigenvalue weighted by Crippen LogP contribution is 2.32. The number of hydrogen-bond donors (Lipinski definition) is 3. The van der Waals surface area contributed by atoms with Crippen LogP contribution in [0.2, 0.25) is 0 Å². The first kappa shape index (κ1) is 29.1. The lowest BCUT2D eigenvalue weighted by molar-refractivity contribution is -0.138. The number of aryl methyl sites for hydroxylation is 2. The lowest BCUT2D eigenvalue weighted by atomic mass is 10.1. The number of nitrogens with two attached hydrogens (primary N) is 1. The fourth-order valence-electron chi connectivity index (χ4n) is 3.66. The molecule has 0 unspecified atom stereocenters. The molecule has 0 aliphatic carbocycles. The third-order valence-corrected chi connectivity index (χ3v) is 5.90. The summed E-state index contributed by atoms with van der Waals surface area (Å²) in [5.41, 5.74) is 9.62. The van der Waals surface area contributed by atoms with E-state index in [2.05, 4.69) is 32.2 Å². The molecule has 0 amide bonds. The molecule has 11 heteroatoms. The second kappa shape index (κ2) is 12.4. The van der Waals surface area contributed by atoms with Crippen LogP contribution in [0, 0.1) is 31.6 Å². The monoisotopic (exact) mass is 538 g/mol. The Labute approximate surface area is 224 Å². The first-order valence-electron chi connectivity index (χ1n) is 12.0. The third-order valence-electron chi connectivity index (χ3n) is 5.90. The van der Waals surface area contributed by atoms with Gasteiger partial charge < -0.3 is 16.2 Å². The van der Waals surface area contributed by atoms with Crippen LogP contribution in [0.4, 0.5) is 24.7 Å². The standard InChI is InChI=1S/C19H22N6O.C9H7F3O/c1-12(10-26)9-25-19-17(18(20)22-11-23-19)16(24-25)7-5-14-8-15(21-3)6-4-13(14)2;1-6-2-3-7(5-13)4-8(6)9(10,11)12/h4,6,8,11-12,21,26H,9-10H2,1-3H3,(H2,20,22,23);2-5H,1H3/t12-;/m1./s1. The molecule has 0 aliphatic heterocycles. The van der Waals surface area contributed by atoms with Crippen molar-refractivity contribution in [2.45, 2.75) is 33.5 Å². The molecule has 4 rings (SSSR count). The number of carbonyl (C=O) groups is 1. The number of nitrogen functional groups attached to an aromatic ring is 1. The number of aromatic nitrogens is 4. The number of nitrogens with one attached hydrogen (secondary N) is 1. The molecule has 39 heavy (non-hydrogen) atoms. The van der Waals surface area contributed by atoms with E-state index in [1.807, 2.05) is 39.1 Å². The van der Waals surface area contributed by atoms with Crippen LogP contribution < -0.4 is 11.1 Å². The van der Waals surface area contributed by atoms with Crippen LogP contribution in [0.3, 0.4) is 0 Å². The third kappa shape index (κ3) is 7.12. The van der Waals surface area contributed by atoms with Gasteiger partial charge >= 0.3 is 6.18 Å². The molecule has 1 atom stereocenters. The Balaban J connectivity index is 0.000000272. The molecular formula is C28H29F3N6O2. The van der Waals surface area contributed by atoms with Crippen molar-refractivity contribution >= 4 is 28.8 Å². The second-order valence-corrected chi connectivity index (χ2v) is 9.00. The van der Waals surface area contributed by atoms with Crippen molar-refractivity contribution in [1.29, 1.82) is 0 Å². The summed E-state index contributed by atoms with van der Waals surface area (Å²) in [4.78, 5) is 18.6. The molecule has 2 aromatic heterocycles. The number of aliphatic hydroxyl groups excluding tert-OH is 1. The Morgan fingerprint density at radius 3 is 2.49 bits per heavy atom. The van der Waals surface area contributed by atoms with Crippen LogP contribution in [-0.4, -0.2) is 44.8 Å². The number of fused-ring (bicyclic) bond motifs is 1. The Hall–Kier alpha value is -4.43. The van der Waals surface area contributed by atoms with E-state index < -0.39 is 11.7 Å². The molecule has 0 bridgehead atoms. The van der Waals surface area contributed by atoms with Crippen molar-refractivity contribution < 1.29 is 23.1 Å². The van der Waals surface area contributed by atoms with Gasteiger partial charge in [0.2, 0.25) is 0 Å².